The van der Waals surface area contributed by atoms with Gasteiger partial charge in [0.2, 0.25) is 6.17 Å². The first-order valence-electron chi connectivity index (χ1n) is 17.4. The molecule has 10 rings (SSSR count). The molecular weight excluding hydrogens is 629 g/mol. The van der Waals surface area contributed by atoms with Crippen LogP contribution >= 0.6 is 11.3 Å². The zero-order valence-corrected chi connectivity index (χ0v) is 28.2. The minimum atomic E-state index is -0.00565. The maximum absolute atomic E-state index is 5.30. The maximum atomic E-state index is 5.30. The number of allylic oxidation sites excluding steroid dienone is 3. The first-order chi connectivity index (χ1) is 24.8. The van der Waals surface area contributed by atoms with Gasteiger partial charge in [-0.2, -0.15) is 0 Å². The van der Waals surface area contributed by atoms with E-state index in [0.29, 0.717) is 0 Å². The molecule has 1 aliphatic heterocycles. The average molecular weight is 664 g/mol. The molecule has 240 valence electrons. The van der Waals surface area contributed by atoms with Crippen molar-refractivity contribution >= 4 is 64.8 Å². The highest BCUT2D eigenvalue weighted by molar-refractivity contribution is 7.26. The molecule has 5 heteroatoms. The summed E-state index contributed by atoms with van der Waals surface area (Å²) in [4.78, 5) is 5.30. The third kappa shape index (κ3) is 4.89. The van der Waals surface area contributed by atoms with Crippen molar-refractivity contribution in [1.82, 2.24) is 9.88 Å². The van der Waals surface area contributed by atoms with Crippen LogP contribution in [0.4, 0.5) is 0 Å². The van der Waals surface area contributed by atoms with Crippen molar-refractivity contribution in [2.45, 2.75) is 18.8 Å². The first-order valence-corrected chi connectivity index (χ1v) is 18.2. The normalized spacial score (nSPS) is 19.2. The van der Waals surface area contributed by atoms with Gasteiger partial charge < -0.3 is 9.88 Å². The lowest BCUT2D eigenvalue weighted by Gasteiger charge is -2.31. The minimum absolute atomic E-state index is 0.00565. The SMILES string of the molecule is C1=CC(C2=NC(c3ccccc3)[NH2+]C(c3ccccc3)N2)CC=C1n1c2cc(-c3ccccc3)ccc2c2c3sc4ccccc4c3ccc21. The minimum Gasteiger partial charge on any atom is -0.320 e. The van der Waals surface area contributed by atoms with E-state index in [4.69, 9.17) is 4.99 Å². The Kier molecular flexibility index (Phi) is 7.00. The Hall–Kier alpha value is -5.75. The lowest BCUT2D eigenvalue weighted by molar-refractivity contribution is -0.739. The Bertz CT molecular complexity index is 2630. The number of rotatable bonds is 5. The van der Waals surface area contributed by atoms with Crippen LogP contribution in [-0.4, -0.2) is 10.4 Å². The Balaban J connectivity index is 1.08. The number of aromatic nitrogens is 1. The number of nitrogens with zero attached hydrogens (tertiary/aromatic N) is 2. The van der Waals surface area contributed by atoms with Crippen LogP contribution < -0.4 is 10.6 Å². The number of nitrogens with one attached hydrogen (secondary N) is 1. The van der Waals surface area contributed by atoms with Crippen molar-refractivity contribution in [2.75, 3.05) is 0 Å². The zero-order chi connectivity index (χ0) is 33.0. The fourth-order valence-electron chi connectivity index (χ4n) is 7.86. The Morgan fingerprint density at radius 1 is 0.660 bits per heavy atom. The van der Waals surface area contributed by atoms with Gasteiger partial charge in [0.05, 0.1) is 11.0 Å². The molecule has 2 aromatic heterocycles. The van der Waals surface area contributed by atoms with E-state index >= 15 is 0 Å². The average Bonchev–Trinajstić information content (AvgIpc) is 3.74. The molecule has 0 spiro atoms. The number of amidine groups is 1. The summed E-state index contributed by atoms with van der Waals surface area (Å²) in [6.45, 7) is 0. The molecular formula is C45H35N4S+. The molecule has 0 saturated carbocycles. The summed E-state index contributed by atoms with van der Waals surface area (Å²) in [5.74, 6) is 1.20. The molecule has 0 saturated heterocycles. The van der Waals surface area contributed by atoms with Crippen molar-refractivity contribution in [3.8, 4) is 11.1 Å². The second-order valence-corrected chi connectivity index (χ2v) is 14.3. The van der Waals surface area contributed by atoms with Crippen molar-refractivity contribution in [3.63, 3.8) is 0 Å². The number of aliphatic imine (C=N–C) groups is 1. The highest BCUT2D eigenvalue weighted by Crippen LogP contribution is 2.44. The molecule has 2 aliphatic rings. The number of hydrogen-bond donors (Lipinski definition) is 2. The van der Waals surface area contributed by atoms with E-state index in [2.05, 4.69) is 179 Å². The summed E-state index contributed by atoms with van der Waals surface area (Å²) in [6.07, 6.45) is 8.03. The summed E-state index contributed by atoms with van der Waals surface area (Å²) >= 11 is 1.90. The van der Waals surface area contributed by atoms with E-state index in [9.17, 15) is 0 Å². The highest BCUT2D eigenvalue weighted by Gasteiger charge is 2.31. The van der Waals surface area contributed by atoms with Gasteiger partial charge in [0.1, 0.15) is 5.84 Å². The maximum Gasteiger partial charge on any atom is 0.209 e. The summed E-state index contributed by atoms with van der Waals surface area (Å²) < 4.78 is 5.17. The third-order valence-corrected chi connectivity index (χ3v) is 11.5. The van der Waals surface area contributed by atoms with E-state index in [-0.39, 0.29) is 18.2 Å². The number of quaternary nitrogens is 1. The van der Waals surface area contributed by atoms with Gasteiger partial charge in [-0.25, -0.2) is 4.99 Å². The van der Waals surface area contributed by atoms with Crippen molar-refractivity contribution < 1.29 is 5.32 Å². The van der Waals surface area contributed by atoms with Crippen LogP contribution in [0.25, 0.3) is 58.8 Å². The topological polar surface area (TPSA) is 45.9 Å². The number of thiophene rings is 1. The lowest BCUT2D eigenvalue weighted by atomic mass is 9.96. The van der Waals surface area contributed by atoms with Gasteiger partial charge in [0.25, 0.3) is 0 Å². The van der Waals surface area contributed by atoms with E-state index in [1.165, 1.54) is 69.9 Å². The van der Waals surface area contributed by atoms with Gasteiger partial charge in [0, 0.05) is 53.7 Å². The number of hydrogen-bond acceptors (Lipinski definition) is 3. The summed E-state index contributed by atoms with van der Waals surface area (Å²) in [5.41, 5.74) is 8.61. The molecule has 0 radical (unpaired) electrons. The monoisotopic (exact) mass is 663 g/mol. The summed E-state index contributed by atoms with van der Waals surface area (Å²) in [7, 11) is 0. The fourth-order valence-corrected chi connectivity index (χ4v) is 9.12. The molecule has 6 aromatic carbocycles. The molecule has 0 fully saturated rings. The van der Waals surface area contributed by atoms with E-state index in [1.54, 1.807) is 0 Å². The lowest BCUT2D eigenvalue weighted by Crippen LogP contribution is -2.91. The number of nitrogens with two attached hydrogens (primary N) is 1. The Morgan fingerprint density at radius 2 is 1.38 bits per heavy atom. The van der Waals surface area contributed by atoms with E-state index < -0.39 is 0 Å². The predicted molar refractivity (Wildman–Crippen MR) is 210 cm³/mol. The van der Waals surface area contributed by atoms with Gasteiger partial charge in [0.15, 0.2) is 6.17 Å². The van der Waals surface area contributed by atoms with E-state index in [0.717, 1.165) is 12.3 Å². The van der Waals surface area contributed by atoms with Crippen molar-refractivity contribution in [2.24, 2.45) is 10.9 Å². The van der Waals surface area contributed by atoms with E-state index in [1.807, 2.05) is 11.3 Å². The van der Waals surface area contributed by atoms with Gasteiger partial charge >= 0.3 is 0 Å². The van der Waals surface area contributed by atoms with Crippen LogP contribution in [-0.2, 0) is 0 Å². The number of benzene rings is 6. The Labute approximate surface area is 294 Å². The van der Waals surface area contributed by atoms with Gasteiger partial charge in [-0.1, -0.05) is 140 Å². The molecule has 3 N–H and O–H groups in total. The van der Waals surface area contributed by atoms with Crippen molar-refractivity contribution in [3.05, 3.63) is 175 Å². The molecule has 0 bridgehead atoms. The highest BCUT2D eigenvalue weighted by atomic mass is 32.1. The van der Waals surface area contributed by atoms with Crippen LogP contribution in [0.3, 0.4) is 0 Å². The van der Waals surface area contributed by atoms with Crippen LogP contribution in [0.2, 0.25) is 0 Å². The molecule has 1 aliphatic carbocycles. The van der Waals surface area contributed by atoms with Crippen molar-refractivity contribution in [1.29, 1.82) is 0 Å². The summed E-state index contributed by atoms with van der Waals surface area (Å²) in [6, 6.07) is 52.5. The molecule has 4 nitrogen and oxygen atoms in total. The van der Waals surface area contributed by atoms with Gasteiger partial charge in [-0.3, -0.25) is 5.32 Å². The number of fused-ring (bicyclic) bond motifs is 7. The molecule has 8 aromatic rings. The quantitative estimate of drug-likeness (QED) is 0.189. The largest absolute Gasteiger partial charge is 0.320 e. The van der Waals surface area contributed by atoms with Gasteiger partial charge in [-0.05, 0) is 41.8 Å². The second kappa shape index (κ2) is 12.0. The molecule has 0 amide bonds. The van der Waals surface area contributed by atoms with Crippen LogP contribution in [0, 0.1) is 5.92 Å². The second-order valence-electron chi connectivity index (χ2n) is 13.3. The van der Waals surface area contributed by atoms with Crippen LogP contribution in [0.5, 0.6) is 0 Å². The molecule has 3 atom stereocenters. The first kappa shape index (κ1) is 29.2. The predicted octanol–water partition coefficient (Wildman–Crippen LogP) is 10.2. The molecule has 50 heavy (non-hydrogen) atoms. The van der Waals surface area contributed by atoms with Crippen LogP contribution in [0.15, 0.2) is 169 Å². The molecule has 3 unspecified atom stereocenters. The fraction of sp³-hybridized carbons (Fsp3) is 0.0889. The van der Waals surface area contributed by atoms with Crippen LogP contribution in [0.1, 0.15) is 29.9 Å². The smallest absolute Gasteiger partial charge is 0.209 e. The standard InChI is InChI=1S/C45H34N4S/c1-4-12-29(13-5-1)33-22-25-37-39(28-33)49(38-27-26-36-35-18-10-11-19-40(35)50-42(36)41(37)38)34-23-20-32(21-24-34)45-47-43(30-14-6-2-7-15-30)46-44(48-45)31-16-8-3-9-17-31/h1-20,22-28,32,43-44,46H,21H2,(H,47,48)/p+1. The molecule has 3 heterocycles. The third-order valence-electron chi connectivity index (χ3n) is 10.3. The summed E-state index contributed by atoms with van der Waals surface area (Å²) in [5, 5.41) is 11.4. The Morgan fingerprint density at radius 3 is 2.16 bits per heavy atom. The van der Waals surface area contributed by atoms with Gasteiger partial charge in [-0.15, -0.1) is 11.3 Å². The zero-order valence-electron chi connectivity index (χ0n) is 27.4.